The zero-order valence-corrected chi connectivity index (χ0v) is 10.6. The molecule has 1 rings (SSSR count). The standard InChI is InChI=1S/C13H17NO5/c1-9(15)12(17)11(16)7-14-13(18)19-8-10-5-3-2-4-6-10/h2-6,11-12,16-17H,7-8H2,1H3,(H,14,18)/t11-,12-/m1/s1. The second kappa shape index (κ2) is 7.50. The van der Waals surface area contributed by atoms with Gasteiger partial charge in [0.05, 0.1) is 0 Å². The fourth-order valence-electron chi connectivity index (χ4n) is 1.34. The predicted molar refractivity (Wildman–Crippen MR) is 67.3 cm³/mol. The Labute approximate surface area is 111 Å². The van der Waals surface area contributed by atoms with Crippen LogP contribution in [0.5, 0.6) is 0 Å². The van der Waals surface area contributed by atoms with Gasteiger partial charge in [0.25, 0.3) is 0 Å². The molecular weight excluding hydrogens is 250 g/mol. The molecule has 0 aromatic heterocycles. The van der Waals surface area contributed by atoms with Crippen molar-refractivity contribution in [1.82, 2.24) is 5.32 Å². The van der Waals surface area contributed by atoms with Crippen LogP contribution in [0.25, 0.3) is 0 Å². The highest BCUT2D eigenvalue weighted by atomic mass is 16.5. The molecule has 0 bridgehead atoms. The molecule has 104 valence electrons. The summed E-state index contributed by atoms with van der Waals surface area (Å²) in [7, 11) is 0. The van der Waals surface area contributed by atoms with E-state index in [1.807, 2.05) is 30.3 Å². The van der Waals surface area contributed by atoms with Crippen molar-refractivity contribution in [3.63, 3.8) is 0 Å². The van der Waals surface area contributed by atoms with E-state index < -0.39 is 24.1 Å². The molecule has 1 aromatic carbocycles. The van der Waals surface area contributed by atoms with Gasteiger partial charge in [0.15, 0.2) is 5.78 Å². The fourth-order valence-corrected chi connectivity index (χ4v) is 1.34. The Balaban J connectivity index is 2.27. The van der Waals surface area contributed by atoms with Crippen molar-refractivity contribution in [2.75, 3.05) is 6.54 Å². The molecule has 0 aliphatic carbocycles. The predicted octanol–water partition coefficient (Wildman–Crippen LogP) is 0.224. The molecule has 0 aliphatic rings. The van der Waals surface area contributed by atoms with E-state index in [2.05, 4.69) is 5.32 Å². The van der Waals surface area contributed by atoms with Gasteiger partial charge >= 0.3 is 6.09 Å². The summed E-state index contributed by atoms with van der Waals surface area (Å²) in [6, 6.07) is 9.11. The number of carbonyl (C=O) groups excluding carboxylic acids is 2. The number of carbonyl (C=O) groups is 2. The number of ketones is 1. The van der Waals surface area contributed by atoms with Gasteiger partial charge in [-0.05, 0) is 12.5 Å². The maximum atomic E-state index is 11.3. The summed E-state index contributed by atoms with van der Waals surface area (Å²) in [5, 5.41) is 20.9. The van der Waals surface area contributed by atoms with E-state index in [0.717, 1.165) is 12.5 Å². The zero-order chi connectivity index (χ0) is 14.3. The first-order chi connectivity index (χ1) is 9.00. The first-order valence-corrected chi connectivity index (χ1v) is 5.82. The molecule has 0 heterocycles. The van der Waals surface area contributed by atoms with Crippen molar-refractivity contribution < 1.29 is 24.5 Å². The first kappa shape index (κ1) is 15.1. The van der Waals surface area contributed by atoms with Crippen LogP contribution < -0.4 is 5.32 Å². The third kappa shape index (κ3) is 5.50. The van der Waals surface area contributed by atoms with Gasteiger partial charge in [0, 0.05) is 6.54 Å². The summed E-state index contributed by atoms with van der Waals surface area (Å²) in [5.74, 6) is -0.563. The van der Waals surface area contributed by atoms with Crippen LogP contribution in [0.2, 0.25) is 0 Å². The molecule has 6 nitrogen and oxygen atoms in total. The zero-order valence-electron chi connectivity index (χ0n) is 10.6. The van der Waals surface area contributed by atoms with Crippen LogP contribution in [0, 0.1) is 0 Å². The van der Waals surface area contributed by atoms with E-state index >= 15 is 0 Å². The van der Waals surface area contributed by atoms with E-state index in [9.17, 15) is 19.8 Å². The van der Waals surface area contributed by atoms with E-state index in [1.54, 1.807) is 0 Å². The number of aliphatic hydroxyl groups excluding tert-OH is 2. The molecule has 0 spiro atoms. The Morgan fingerprint density at radius 2 is 1.89 bits per heavy atom. The van der Waals surface area contributed by atoms with Crippen LogP contribution in [0.3, 0.4) is 0 Å². The normalized spacial score (nSPS) is 13.4. The highest BCUT2D eigenvalue weighted by Crippen LogP contribution is 2.00. The molecule has 3 N–H and O–H groups in total. The summed E-state index contributed by atoms with van der Waals surface area (Å²) in [6.45, 7) is 1.01. The van der Waals surface area contributed by atoms with Crippen molar-refractivity contribution in [2.45, 2.75) is 25.7 Å². The van der Waals surface area contributed by atoms with Gasteiger partial charge in [-0.3, -0.25) is 4.79 Å². The van der Waals surface area contributed by atoms with Gasteiger partial charge in [-0.2, -0.15) is 0 Å². The maximum Gasteiger partial charge on any atom is 0.407 e. The minimum absolute atomic E-state index is 0.109. The molecule has 2 atom stereocenters. The number of benzene rings is 1. The lowest BCUT2D eigenvalue weighted by atomic mass is 10.1. The average molecular weight is 267 g/mol. The molecule has 1 aromatic rings. The lowest BCUT2D eigenvalue weighted by molar-refractivity contribution is -0.130. The van der Waals surface area contributed by atoms with Crippen LogP contribution in [0.1, 0.15) is 12.5 Å². The largest absolute Gasteiger partial charge is 0.445 e. The van der Waals surface area contributed by atoms with Crippen molar-refractivity contribution in [3.8, 4) is 0 Å². The van der Waals surface area contributed by atoms with E-state index in [0.29, 0.717) is 0 Å². The highest BCUT2D eigenvalue weighted by molar-refractivity contribution is 5.80. The number of rotatable bonds is 6. The minimum Gasteiger partial charge on any atom is -0.445 e. The van der Waals surface area contributed by atoms with Gasteiger partial charge in [-0.25, -0.2) is 4.79 Å². The number of Topliss-reactive ketones (excluding diaryl/α,β-unsaturated/α-hetero) is 1. The fraction of sp³-hybridized carbons (Fsp3) is 0.385. The number of aliphatic hydroxyl groups is 2. The van der Waals surface area contributed by atoms with Crippen molar-refractivity contribution >= 4 is 11.9 Å². The van der Waals surface area contributed by atoms with Gasteiger partial charge in [0.2, 0.25) is 0 Å². The van der Waals surface area contributed by atoms with Crippen LogP contribution in [-0.2, 0) is 16.1 Å². The molecule has 1 amide bonds. The number of ether oxygens (including phenoxy) is 1. The molecule has 0 saturated heterocycles. The molecule has 0 aliphatic heterocycles. The number of nitrogens with one attached hydrogen (secondary N) is 1. The topological polar surface area (TPSA) is 95.9 Å². The SMILES string of the molecule is CC(=O)[C@@H](O)[C@H](O)CNC(=O)OCc1ccccc1. The van der Waals surface area contributed by atoms with E-state index in [1.165, 1.54) is 0 Å². The minimum atomic E-state index is -1.51. The summed E-state index contributed by atoms with van der Waals surface area (Å²) in [4.78, 5) is 22.1. The summed E-state index contributed by atoms with van der Waals surface area (Å²) in [6.07, 6.45) is -3.57. The number of hydrogen-bond donors (Lipinski definition) is 3. The van der Waals surface area contributed by atoms with E-state index in [-0.39, 0.29) is 13.2 Å². The van der Waals surface area contributed by atoms with Crippen molar-refractivity contribution in [2.24, 2.45) is 0 Å². The Kier molecular flexibility index (Phi) is 5.98. The van der Waals surface area contributed by atoms with E-state index in [4.69, 9.17) is 4.74 Å². The third-order valence-electron chi connectivity index (χ3n) is 2.45. The number of amides is 1. The van der Waals surface area contributed by atoms with Gasteiger partial charge in [0.1, 0.15) is 18.8 Å². The molecular formula is C13H17NO5. The highest BCUT2D eigenvalue weighted by Gasteiger charge is 2.21. The second-order valence-electron chi connectivity index (χ2n) is 4.07. The molecule has 6 heteroatoms. The summed E-state index contributed by atoms with van der Waals surface area (Å²) >= 11 is 0. The third-order valence-corrected chi connectivity index (χ3v) is 2.45. The number of hydrogen-bond acceptors (Lipinski definition) is 5. The van der Waals surface area contributed by atoms with Gasteiger partial charge < -0.3 is 20.3 Å². The quantitative estimate of drug-likeness (QED) is 0.685. The lowest BCUT2D eigenvalue weighted by Gasteiger charge is -2.15. The monoisotopic (exact) mass is 267 g/mol. The van der Waals surface area contributed by atoms with Crippen LogP contribution >= 0.6 is 0 Å². The molecule has 0 saturated carbocycles. The smallest absolute Gasteiger partial charge is 0.407 e. The van der Waals surface area contributed by atoms with Crippen LogP contribution in [0.15, 0.2) is 30.3 Å². The summed E-state index contributed by atoms with van der Waals surface area (Å²) in [5.41, 5.74) is 0.835. The molecule has 19 heavy (non-hydrogen) atoms. The Hall–Kier alpha value is -1.92. The average Bonchev–Trinajstić information content (AvgIpc) is 2.42. The van der Waals surface area contributed by atoms with Crippen LogP contribution in [0.4, 0.5) is 4.79 Å². The maximum absolute atomic E-state index is 11.3. The van der Waals surface area contributed by atoms with Crippen LogP contribution in [-0.4, -0.2) is 40.8 Å². The summed E-state index contributed by atoms with van der Waals surface area (Å²) < 4.78 is 4.89. The number of alkyl carbamates (subject to hydrolysis) is 1. The first-order valence-electron chi connectivity index (χ1n) is 5.82. The molecule has 0 radical (unpaired) electrons. The van der Waals surface area contributed by atoms with Gasteiger partial charge in [-0.15, -0.1) is 0 Å². The van der Waals surface area contributed by atoms with Crippen molar-refractivity contribution in [1.29, 1.82) is 0 Å². The molecule has 0 unspecified atom stereocenters. The Morgan fingerprint density at radius 3 is 2.47 bits per heavy atom. The van der Waals surface area contributed by atoms with Crippen molar-refractivity contribution in [3.05, 3.63) is 35.9 Å². The Bertz CT molecular complexity index is 420. The Morgan fingerprint density at radius 1 is 1.26 bits per heavy atom. The lowest BCUT2D eigenvalue weighted by Crippen LogP contribution is -2.42. The molecule has 0 fully saturated rings. The van der Waals surface area contributed by atoms with Gasteiger partial charge in [-0.1, -0.05) is 30.3 Å². The second-order valence-corrected chi connectivity index (χ2v) is 4.07.